The molecule has 2 atom stereocenters. The first-order chi connectivity index (χ1) is 16.1. The van der Waals surface area contributed by atoms with Gasteiger partial charge in [0.15, 0.2) is 6.10 Å². The molecule has 0 fully saturated rings. The minimum atomic E-state index is -1.55. The topological polar surface area (TPSA) is 57.5 Å². The molecule has 0 saturated carbocycles. The quantitative estimate of drug-likeness (QED) is 0.311. The number of aliphatic carboxylic acids is 1. The second-order valence-corrected chi connectivity index (χ2v) is 8.99. The maximum Gasteiger partial charge on any atom is 0.337 e. The summed E-state index contributed by atoms with van der Waals surface area (Å²) in [5.41, 5.74) is 4.04. The van der Waals surface area contributed by atoms with Crippen molar-refractivity contribution in [2.75, 3.05) is 0 Å². The molecule has 2 N–H and O–H groups in total. The van der Waals surface area contributed by atoms with E-state index in [1.807, 2.05) is 36.4 Å². The second-order valence-electron chi connectivity index (χ2n) is 8.99. The molecule has 0 saturated heterocycles. The zero-order valence-corrected chi connectivity index (χ0v) is 18.2. The van der Waals surface area contributed by atoms with Crippen LogP contribution in [0.5, 0.6) is 0 Å². The van der Waals surface area contributed by atoms with Gasteiger partial charge >= 0.3 is 5.97 Å². The van der Waals surface area contributed by atoms with Crippen LogP contribution in [0.2, 0.25) is 0 Å². The molecule has 3 nitrogen and oxygen atoms in total. The molecule has 3 heteroatoms. The molecule has 2 unspecified atom stereocenters. The largest absolute Gasteiger partial charge is 0.479 e. The zero-order valence-electron chi connectivity index (χ0n) is 18.2. The molecule has 0 bridgehead atoms. The molecule has 6 rings (SSSR count). The highest BCUT2D eigenvalue weighted by Gasteiger charge is 2.30. The van der Waals surface area contributed by atoms with E-state index in [0.29, 0.717) is 5.56 Å². The molecule has 0 aliphatic heterocycles. The van der Waals surface area contributed by atoms with Crippen molar-refractivity contribution in [1.82, 2.24) is 0 Å². The number of hydrogen-bond acceptors (Lipinski definition) is 2. The highest BCUT2D eigenvalue weighted by atomic mass is 16.4. The van der Waals surface area contributed by atoms with Gasteiger partial charge in [-0.25, -0.2) is 4.79 Å². The standard InChI is InChI=1S/C30H24O3/c31-29(30(32)33)28-21-9-4-2-7-19(21)13-15-27(28)23-11-5-10-22-25-14-12-18-6-1-3-8-20(18)24(25)16-17-26(22)23/h1-4,6-9,12-17,23,29,31H,5,10-11H2,(H,32,33). The summed E-state index contributed by atoms with van der Waals surface area (Å²) in [7, 11) is 0. The Morgan fingerprint density at radius 2 is 1.36 bits per heavy atom. The van der Waals surface area contributed by atoms with Crippen LogP contribution in [-0.2, 0) is 11.2 Å². The first-order valence-corrected chi connectivity index (χ1v) is 11.5. The van der Waals surface area contributed by atoms with Crippen molar-refractivity contribution in [3.8, 4) is 0 Å². The van der Waals surface area contributed by atoms with Gasteiger partial charge in [-0.05, 0) is 68.3 Å². The number of rotatable bonds is 3. The van der Waals surface area contributed by atoms with Crippen molar-refractivity contribution in [2.45, 2.75) is 31.3 Å². The Hall–Kier alpha value is -3.69. The van der Waals surface area contributed by atoms with Gasteiger partial charge in [0.1, 0.15) is 0 Å². The van der Waals surface area contributed by atoms with Gasteiger partial charge in [-0.2, -0.15) is 0 Å². The lowest BCUT2D eigenvalue weighted by atomic mass is 9.74. The van der Waals surface area contributed by atoms with Crippen LogP contribution in [0, 0.1) is 0 Å². The monoisotopic (exact) mass is 432 g/mol. The van der Waals surface area contributed by atoms with E-state index in [2.05, 4.69) is 48.5 Å². The average Bonchev–Trinajstić information content (AvgIpc) is 2.86. The van der Waals surface area contributed by atoms with Crippen molar-refractivity contribution in [2.24, 2.45) is 0 Å². The second kappa shape index (κ2) is 7.72. The minimum Gasteiger partial charge on any atom is -0.479 e. The van der Waals surface area contributed by atoms with Crippen molar-refractivity contribution < 1.29 is 15.0 Å². The van der Waals surface area contributed by atoms with Crippen LogP contribution in [0.25, 0.3) is 32.3 Å². The number of aliphatic hydroxyl groups is 1. The summed E-state index contributed by atoms with van der Waals surface area (Å²) in [5.74, 6) is -1.16. The summed E-state index contributed by atoms with van der Waals surface area (Å²) in [6, 6.07) is 29.1. The number of hydrogen-bond donors (Lipinski definition) is 2. The van der Waals surface area contributed by atoms with E-state index in [9.17, 15) is 15.0 Å². The van der Waals surface area contributed by atoms with Gasteiger partial charge < -0.3 is 10.2 Å². The van der Waals surface area contributed by atoms with Crippen LogP contribution < -0.4 is 0 Å². The third-order valence-corrected chi connectivity index (χ3v) is 7.26. The first kappa shape index (κ1) is 20.0. The molecule has 33 heavy (non-hydrogen) atoms. The third-order valence-electron chi connectivity index (χ3n) is 7.26. The molecule has 1 aliphatic carbocycles. The minimum absolute atomic E-state index is 0.0539. The molecule has 0 amide bonds. The SMILES string of the molecule is O=C(O)C(O)c1c(C2CCCc3c2ccc2c3ccc3ccccc32)ccc2ccccc12. The molecular weight excluding hydrogens is 408 g/mol. The van der Waals surface area contributed by atoms with Crippen molar-refractivity contribution in [3.63, 3.8) is 0 Å². The van der Waals surface area contributed by atoms with Crippen LogP contribution in [0.4, 0.5) is 0 Å². The number of benzene rings is 5. The van der Waals surface area contributed by atoms with Crippen LogP contribution in [0.15, 0.2) is 84.9 Å². The number of aryl methyl sites for hydroxylation is 1. The Balaban J connectivity index is 1.60. The molecule has 5 aromatic carbocycles. The van der Waals surface area contributed by atoms with Gasteiger partial charge in [-0.1, -0.05) is 84.9 Å². The lowest BCUT2D eigenvalue weighted by Gasteiger charge is -2.30. The Morgan fingerprint density at radius 3 is 2.15 bits per heavy atom. The molecule has 162 valence electrons. The molecule has 0 spiro atoms. The summed E-state index contributed by atoms with van der Waals surface area (Å²) in [6.07, 6.45) is 1.41. The summed E-state index contributed by atoms with van der Waals surface area (Å²) < 4.78 is 0. The van der Waals surface area contributed by atoms with E-state index in [-0.39, 0.29) is 5.92 Å². The van der Waals surface area contributed by atoms with Crippen LogP contribution in [0.3, 0.4) is 0 Å². The van der Waals surface area contributed by atoms with Crippen molar-refractivity contribution in [1.29, 1.82) is 0 Å². The molecule has 0 radical (unpaired) electrons. The summed E-state index contributed by atoms with van der Waals surface area (Å²) >= 11 is 0. The maximum absolute atomic E-state index is 11.9. The molecule has 0 aromatic heterocycles. The summed E-state index contributed by atoms with van der Waals surface area (Å²) in [6.45, 7) is 0. The van der Waals surface area contributed by atoms with E-state index in [0.717, 1.165) is 35.6 Å². The Morgan fingerprint density at radius 1 is 0.727 bits per heavy atom. The van der Waals surface area contributed by atoms with Gasteiger partial charge in [-0.15, -0.1) is 0 Å². The highest BCUT2D eigenvalue weighted by Crippen LogP contribution is 2.44. The number of aliphatic hydroxyl groups excluding tert-OH is 1. The zero-order chi connectivity index (χ0) is 22.5. The van der Waals surface area contributed by atoms with Crippen LogP contribution in [-0.4, -0.2) is 16.2 Å². The average molecular weight is 433 g/mol. The number of carbonyl (C=O) groups is 1. The van der Waals surface area contributed by atoms with Crippen molar-refractivity contribution in [3.05, 3.63) is 107 Å². The number of carboxylic acid groups (broad SMARTS) is 1. The smallest absolute Gasteiger partial charge is 0.337 e. The van der Waals surface area contributed by atoms with Gasteiger partial charge in [0.05, 0.1) is 0 Å². The van der Waals surface area contributed by atoms with E-state index in [1.165, 1.54) is 32.7 Å². The maximum atomic E-state index is 11.9. The number of fused-ring (bicyclic) bond motifs is 6. The first-order valence-electron chi connectivity index (χ1n) is 11.5. The van der Waals surface area contributed by atoms with Crippen molar-refractivity contribution >= 4 is 38.3 Å². The Kier molecular flexibility index (Phi) is 4.67. The normalized spacial score (nSPS) is 16.7. The lowest BCUT2D eigenvalue weighted by molar-refractivity contribution is -0.146. The predicted molar refractivity (Wildman–Crippen MR) is 133 cm³/mol. The molecule has 5 aromatic rings. The molecule has 0 heterocycles. The van der Waals surface area contributed by atoms with Gasteiger partial charge in [0.25, 0.3) is 0 Å². The number of carboxylic acids is 1. The summed E-state index contributed by atoms with van der Waals surface area (Å²) in [4.78, 5) is 11.9. The molecule has 1 aliphatic rings. The fourth-order valence-corrected chi connectivity index (χ4v) is 5.78. The van der Waals surface area contributed by atoms with E-state index in [4.69, 9.17) is 0 Å². The predicted octanol–water partition coefficient (Wildman–Crippen LogP) is 6.73. The highest BCUT2D eigenvalue weighted by molar-refractivity contribution is 6.09. The molecular formula is C30H24O3. The van der Waals surface area contributed by atoms with E-state index >= 15 is 0 Å². The van der Waals surface area contributed by atoms with Crippen LogP contribution >= 0.6 is 0 Å². The van der Waals surface area contributed by atoms with Gasteiger partial charge in [0.2, 0.25) is 0 Å². The van der Waals surface area contributed by atoms with E-state index < -0.39 is 12.1 Å². The van der Waals surface area contributed by atoms with E-state index in [1.54, 1.807) is 0 Å². The van der Waals surface area contributed by atoms with Gasteiger partial charge in [0, 0.05) is 11.5 Å². The summed E-state index contributed by atoms with van der Waals surface area (Å²) in [5, 5.41) is 27.2. The fraction of sp³-hybridized carbons (Fsp3) is 0.167. The Labute approximate surface area is 191 Å². The fourth-order valence-electron chi connectivity index (χ4n) is 5.78. The van der Waals surface area contributed by atoms with Gasteiger partial charge in [-0.3, -0.25) is 0 Å². The third kappa shape index (κ3) is 3.12. The lowest BCUT2D eigenvalue weighted by Crippen LogP contribution is -2.18. The van der Waals surface area contributed by atoms with Crippen LogP contribution in [0.1, 0.15) is 47.1 Å². The Bertz CT molecular complexity index is 1550.